The van der Waals surface area contributed by atoms with Crippen LogP contribution in [0.25, 0.3) is 33.1 Å². The first-order chi connectivity index (χ1) is 15.8. The number of aromatic amines is 1. The van der Waals surface area contributed by atoms with Crippen LogP contribution in [0.15, 0.2) is 73.4 Å². The van der Waals surface area contributed by atoms with E-state index in [0.717, 1.165) is 47.2 Å². The third kappa shape index (κ3) is 5.25. The minimum atomic E-state index is 0.0836. The number of fused-ring (bicyclic) bond motifs is 3. The summed E-state index contributed by atoms with van der Waals surface area (Å²) >= 11 is 0. The van der Waals surface area contributed by atoms with Crippen LogP contribution in [-0.2, 0) is 4.79 Å². The molecule has 2 heterocycles. The van der Waals surface area contributed by atoms with Gasteiger partial charge in [0, 0.05) is 40.2 Å². The lowest BCUT2D eigenvalue weighted by Crippen LogP contribution is -2.10. The van der Waals surface area contributed by atoms with E-state index in [-0.39, 0.29) is 5.91 Å². The highest BCUT2D eigenvalue weighted by molar-refractivity contribution is 6.10. The molecule has 4 nitrogen and oxygen atoms in total. The summed E-state index contributed by atoms with van der Waals surface area (Å²) in [4.78, 5) is 20.4. The molecule has 2 aromatic heterocycles. The van der Waals surface area contributed by atoms with E-state index in [1.54, 1.807) is 0 Å². The molecule has 0 saturated carbocycles. The molecule has 1 amide bonds. The second-order valence-corrected chi connectivity index (χ2v) is 8.33. The van der Waals surface area contributed by atoms with Gasteiger partial charge in [-0.25, -0.2) is 0 Å². The van der Waals surface area contributed by atoms with E-state index >= 15 is 0 Å². The van der Waals surface area contributed by atoms with Crippen molar-refractivity contribution in [1.29, 1.82) is 0 Å². The number of pyridine rings is 1. The van der Waals surface area contributed by atoms with Crippen molar-refractivity contribution >= 4 is 33.4 Å². The number of H-pyrrole nitrogens is 1. The van der Waals surface area contributed by atoms with Crippen LogP contribution in [0.3, 0.4) is 0 Å². The van der Waals surface area contributed by atoms with Crippen molar-refractivity contribution in [3.8, 4) is 11.3 Å². The molecule has 0 bridgehead atoms. The summed E-state index contributed by atoms with van der Waals surface area (Å²) in [6.07, 6.45) is 12.5. The predicted octanol–water partition coefficient (Wildman–Crippen LogP) is 7.63. The van der Waals surface area contributed by atoms with Crippen molar-refractivity contribution in [2.24, 2.45) is 0 Å². The lowest BCUT2D eigenvalue weighted by atomic mass is 10.1. The highest BCUT2D eigenvalue weighted by Gasteiger charge is 2.11. The Morgan fingerprint density at radius 2 is 1.66 bits per heavy atom. The van der Waals surface area contributed by atoms with Gasteiger partial charge in [-0.3, -0.25) is 9.78 Å². The number of hydrogen-bond donors (Lipinski definition) is 2. The quantitative estimate of drug-likeness (QED) is 0.192. The molecule has 0 atom stereocenters. The van der Waals surface area contributed by atoms with Gasteiger partial charge < -0.3 is 10.3 Å². The zero-order chi connectivity index (χ0) is 22.2. The summed E-state index contributed by atoms with van der Waals surface area (Å²) < 4.78 is 0. The molecule has 0 spiro atoms. The molecule has 4 aromatic rings. The Morgan fingerprint density at radius 3 is 2.47 bits per heavy atom. The van der Waals surface area contributed by atoms with Crippen LogP contribution in [0, 0.1) is 0 Å². The summed E-state index contributed by atoms with van der Waals surface area (Å²) in [6.45, 7) is 3.75. The number of hydrogen-bond acceptors (Lipinski definition) is 2. The number of para-hydroxylation sites is 1. The van der Waals surface area contributed by atoms with Crippen LogP contribution < -0.4 is 5.32 Å². The van der Waals surface area contributed by atoms with Gasteiger partial charge in [0.1, 0.15) is 0 Å². The second-order valence-electron chi connectivity index (χ2n) is 8.33. The standard InChI is InChI=1S/C28H31N3O/c1-2-3-4-5-6-7-8-9-14-26(32)30-22-17-15-21(16-18-22)27-28-24(19-20-29-27)23-12-10-11-13-25(23)31-28/h2,10-13,15-20,31H,1,3-9,14H2,(H,30,32). The topological polar surface area (TPSA) is 57.8 Å². The number of anilines is 1. The van der Waals surface area contributed by atoms with Gasteiger partial charge in [-0.15, -0.1) is 6.58 Å². The fourth-order valence-electron chi connectivity index (χ4n) is 4.21. The molecule has 4 heteroatoms. The molecular formula is C28H31N3O. The first-order valence-electron chi connectivity index (χ1n) is 11.6. The number of unbranched alkanes of at least 4 members (excludes halogenated alkanes) is 6. The number of nitrogens with one attached hydrogen (secondary N) is 2. The van der Waals surface area contributed by atoms with E-state index in [2.05, 4.69) is 40.1 Å². The second kappa shape index (κ2) is 10.8. The molecule has 0 unspecified atom stereocenters. The van der Waals surface area contributed by atoms with Crippen molar-refractivity contribution in [2.45, 2.75) is 51.4 Å². The normalized spacial score (nSPS) is 11.1. The van der Waals surface area contributed by atoms with E-state index < -0.39 is 0 Å². The number of carbonyl (C=O) groups excluding carboxylic acids is 1. The first kappa shape index (κ1) is 21.8. The van der Waals surface area contributed by atoms with Gasteiger partial charge in [-0.05, 0) is 43.5 Å². The van der Waals surface area contributed by atoms with E-state index in [1.165, 1.54) is 36.5 Å². The highest BCUT2D eigenvalue weighted by atomic mass is 16.1. The van der Waals surface area contributed by atoms with Crippen LogP contribution in [0.2, 0.25) is 0 Å². The van der Waals surface area contributed by atoms with Crippen molar-refractivity contribution in [3.05, 3.63) is 73.4 Å². The van der Waals surface area contributed by atoms with E-state index in [1.807, 2.05) is 48.7 Å². The lowest BCUT2D eigenvalue weighted by molar-refractivity contribution is -0.116. The minimum absolute atomic E-state index is 0.0836. The van der Waals surface area contributed by atoms with Crippen molar-refractivity contribution in [1.82, 2.24) is 9.97 Å². The number of allylic oxidation sites excluding steroid dienone is 1. The summed E-state index contributed by atoms with van der Waals surface area (Å²) in [6, 6.07) is 18.3. The predicted molar refractivity (Wildman–Crippen MR) is 135 cm³/mol. The molecule has 0 aliphatic carbocycles. The molecule has 0 saturated heterocycles. The molecule has 0 radical (unpaired) electrons. The smallest absolute Gasteiger partial charge is 0.224 e. The summed E-state index contributed by atoms with van der Waals surface area (Å²) in [5.41, 5.74) is 4.92. The fraction of sp³-hybridized carbons (Fsp3) is 0.286. The van der Waals surface area contributed by atoms with Gasteiger partial charge in [-0.2, -0.15) is 0 Å². The number of amides is 1. The van der Waals surface area contributed by atoms with Crippen molar-refractivity contribution in [3.63, 3.8) is 0 Å². The maximum atomic E-state index is 12.3. The third-order valence-electron chi connectivity index (χ3n) is 5.93. The Balaban J connectivity index is 1.33. The van der Waals surface area contributed by atoms with Gasteiger partial charge in [0.15, 0.2) is 0 Å². The summed E-state index contributed by atoms with van der Waals surface area (Å²) in [5, 5.41) is 5.39. The largest absolute Gasteiger partial charge is 0.353 e. The number of benzene rings is 2. The van der Waals surface area contributed by atoms with Crippen molar-refractivity contribution < 1.29 is 4.79 Å². The summed E-state index contributed by atoms with van der Waals surface area (Å²) in [7, 11) is 0. The van der Waals surface area contributed by atoms with Crippen LogP contribution in [-0.4, -0.2) is 15.9 Å². The number of rotatable bonds is 11. The average molecular weight is 426 g/mol. The van der Waals surface area contributed by atoms with Gasteiger partial charge >= 0.3 is 0 Å². The Bertz CT molecular complexity index is 1190. The molecule has 2 aromatic carbocycles. The van der Waals surface area contributed by atoms with E-state index in [4.69, 9.17) is 0 Å². The van der Waals surface area contributed by atoms with Crippen LogP contribution in [0.5, 0.6) is 0 Å². The molecule has 4 rings (SSSR count). The molecule has 0 aliphatic heterocycles. The molecule has 0 fully saturated rings. The average Bonchev–Trinajstić information content (AvgIpc) is 3.20. The van der Waals surface area contributed by atoms with Crippen LogP contribution in [0.1, 0.15) is 51.4 Å². The molecule has 32 heavy (non-hydrogen) atoms. The number of aromatic nitrogens is 2. The van der Waals surface area contributed by atoms with E-state index in [9.17, 15) is 4.79 Å². The maximum absolute atomic E-state index is 12.3. The molecule has 0 aliphatic rings. The van der Waals surface area contributed by atoms with Crippen LogP contribution >= 0.6 is 0 Å². The van der Waals surface area contributed by atoms with E-state index in [0.29, 0.717) is 6.42 Å². The third-order valence-corrected chi connectivity index (χ3v) is 5.93. The maximum Gasteiger partial charge on any atom is 0.224 e. The Hall–Kier alpha value is -3.40. The van der Waals surface area contributed by atoms with Gasteiger partial charge in [0.2, 0.25) is 5.91 Å². The van der Waals surface area contributed by atoms with Gasteiger partial charge in [0.05, 0.1) is 11.2 Å². The molecular weight excluding hydrogens is 394 g/mol. The minimum Gasteiger partial charge on any atom is -0.353 e. The fourth-order valence-corrected chi connectivity index (χ4v) is 4.21. The first-order valence-corrected chi connectivity index (χ1v) is 11.6. The number of nitrogens with zero attached hydrogens (tertiary/aromatic N) is 1. The van der Waals surface area contributed by atoms with Gasteiger partial charge in [-0.1, -0.05) is 62.1 Å². The Morgan fingerprint density at radius 1 is 0.906 bits per heavy atom. The zero-order valence-electron chi connectivity index (χ0n) is 18.6. The molecule has 2 N–H and O–H groups in total. The SMILES string of the molecule is C=CCCCCCCCCC(=O)Nc1ccc(-c2nccc3c2[nH]c2ccccc23)cc1. The number of carbonyl (C=O) groups is 1. The molecule has 164 valence electrons. The Labute approximate surface area is 189 Å². The zero-order valence-corrected chi connectivity index (χ0v) is 18.6. The summed E-state index contributed by atoms with van der Waals surface area (Å²) in [5.74, 6) is 0.0836. The lowest BCUT2D eigenvalue weighted by Gasteiger charge is -2.07. The van der Waals surface area contributed by atoms with Gasteiger partial charge in [0.25, 0.3) is 0 Å². The Kier molecular flexibility index (Phi) is 7.34. The highest BCUT2D eigenvalue weighted by Crippen LogP contribution is 2.31. The van der Waals surface area contributed by atoms with Crippen molar-refractivity contribution in [2.75, 3.05) is 5.32 Å². The van der Waals surface area contributed by atoms with Crippen LogP contribution in [0.4, 0.5) is 5.69 Å². The monoisotopic (exact) mass is 425 g/mol.